The van der Waals surface area contributed by atoms with Gasteiger partial charge in [0, 0.05) is 41.5 Å². The Bertz CT molecular complexity index is 1690. The summed E-state index contributed by atoms with van der Waals surface area (Å²) in [5, 5.41) is 26.2. The number of nitrogens with zero attached hydrogens (tertiary/aromatic N) is 6. The van der Waals surface area contributed by atoms with Crippen molar-refractivity contribution in [1.82, 2.24) is 25.6 Å². The number of nitrogens with two attached hydrogens (primary N) is 2. The van der Waals surface area contributed by atoms with E-state index in [4.69, 9.17) is 11.6 Å². The van der Waals surface area contributed by atoms with E-state index in [0.29, 0.717) is 22.5 Å². The predicted molar refractivity (Wildman–Crippen MR) is 158 cm³/mol. The summed E-state index contributed by atoms with van der Waals surface area (Å²) in [5.41, 5.74) is 11.8. The van der Waals surface area contributed by atoms with E-state index in [0.717, 1.165) is 54.7 Å². The van der Waals surface area contributed by atoms with Crippen LogP contribution < -0.4 is 27.2 Å². The lowest BCUT2D eigenvalue weighted by Crippen LogP contribution is -2.26. The van der Waals surface area contributed by atoms with Gasteiger partial charge >= 0.3 is 5.97 Å². The van der Waals surface area contributed by atoms with E-state index in [1.807, 2.05) is 48.5 Å². The van der Waals surface area contributed by atoms with Gasteiger partial charge < -0.3 is 21.5 Å². The molecule has 206 valence electrons. The normalized spacial score (nSPS) is 14.7. The standard InChI is InChI=1S/C29H28N10O2/c30-25(16-38(31)23-5-1-18(2-6-23)27-32-9-10-33-27)20-13-21(15-22(14-20)29(40)41)26-17-39(37-36-26)24-7-3-19(4-8-24)28-34-11-12-35-28/h1-8,13-17H,9-12,30-31H2,(H,32,33)(H,34,35)(H,40,41)/b25-16-. The predicted octanol–water partition coefficient (Wildman–Crippen LogP) is 1.97. The first kappa shape index (κ1) is 25.8. The molecule has 3 aromatic carbocycles. The third kappa shape index (κ3) is 5.49. The Morgan fingerprint density at radius 3 is 2.07 bits per heavy atom. The van der Waals surface area contributed by atoms with Crippen LogP contribution in [0, 0.1) is 0 Å². The molecular formula is C29H28N10O2. The Morgan fingerprint density at radius 2 is 1.49 bits per heavy atom. The van der Waals surface area contributed by atoms with Gasteiger partial charge in [0.2, 0.25) is 0 Å². The van der Waals surface area contributed by atoms with Crippen LogP contribution in [0.3, 0.4) is 0 Å². The first-order valence-electron chi connectivity index (χ1n) is 13.1. The molecule has 0 spiro atoms. The van der Waals surface area contributed by atoms with Crippen LogP contribution in [0.5, 0.6) is 0 Å². The van der Waals surface area contributed by atoms with Gasteiger partial charge in [-0.25, -0.2) is 15.3 Å². The maximum absolute atomic E-state index is 11.9. The number of rotatable bonds is 8. The molecule has 3 heterocycles. The smallest absolute Gasteiger partial charge is 0.335 e. The highest BCUT2D eigenvalue weighted by Crippen LogP contribution is 2.25. The van der Waals surface area contributed by atoms with Gasteiger partial charge in [0.05, 0.1) is 41.9 Å². The van der Waals surface area contributed by atoms with Crippen LogP contribution in [0.15, 0.2) is 89.1 Å². The largest absolute Gasteiger partial charge is 0.478 e. The van der Waals surface area contributed by atoms with E-state index in [9.17, 15) is 9.90 Å². The van der Waals surface area contributed by atoms with Crippen LogP contribution in [0.4, 0.5) is 5.69 Å². The molecule has 41 heavy (non-hydrogen) atoms. The van der Waals surface area contributed by atoms with Crippen molar-refractivity contribution in [2.24, 2.45) is 21.6 Å². The van der Waals surface area contributed by atoms with Gasteiger partial charge in [-0.3, -0.25) is 15.0 Å². The lowest BCUT2D eigenvalue weighted by atomic mass is 10.0. The maximum atomic E-state index is 11.9. The van der Waals surface area contributed by atoms with Crippen molar-refractivity contribution in [3.05, 3.63) is 101 Å². The van der Waals surface area contributed by atoms with Gasteiger partial charge in [0.25, 0.3) is 0 Å². The number of nitrogens with one attached hydrogen (secondary N) is 2. The minimum atomic E-state index is -1.09. The molecule has 12 heteroatoms. The molecule has 0 saturated carbocycles. The second-order valence-electron chi connectivity index (χ2n) is 9.55. The summed E-state index contributed by atoms with van der Waals surface area (Å²) < 4.78 is 1.63. The van der Waals surface area contributed by atoms with E-state index in [1.54, 1.807) is 29.2 Å². The Hall–Kier alpha value is -5.49. The highest BCUT2D eigenvalue weighted by molar-refractivity contribution is 6.00. The van der Waals surface area contributed by atoms with Gasteiger partial charge in [0.1, 0.15) is 17.4 Å². The Balaban J connectivity index is 1.25. The highest BCUT2D eigenvalue weighted by atomic mass is 16.4. The first-order chi connectivity index (χ1) is 19.9. The summed E-state index contributed by atoms with van der Waals surface area (Å²) in [4.78, 5) is 20.8. The number of amidine groups is 2. The second-order valence-corrected chi connectivity index (χ2v) is 9.55. The SMILES string of the molecule is N/C(=C\N(N)c1ccc(C2=NCCN2)cc1)c1cc(C(=O)O)cc(-c2cn(-c3ccc(C4=NCCN4)cc3)nn2)c1. The molecule has 2 aliphatic heterocycles. The fourth-order valence-corrected chi connectivity index (χ4v) is 4.63. The van der Waals surface area contributed by atoms with Crippen molar-refractivity contribution in [2.75, 3.05) is 31.2 Å². The van der Waals surface area contributed by atoms with Crippen LogP contribution in [0.2, 0.25) is 0 Å². The van der Waals surface area contributed by atoms with Crippen molar-refractivity contribution in [3.8, 4) is 16.9 Å². The molecule has 2 aliphatic rings. The van der Waals surface area contributed by atoms with Crippen LogP contribution in [-0.2, 0) is 0 Å². The number of aliphatic imine (C=N–C) groups is 2. The fourth-order valence-electron chi connectivity index (χ4n) is 4.63. The number of hydrogen-bond donors (Lipinski definition) is 5. The van der Waals surface area contributed by atoms with Gasteiger partial charge in [-0.2, -0.15) is 0 Å². The van der Waals surface area contributed by atoms with Crippen molar-refractivity contribution in [3.63, 3.8) is 0 Å². The van der Waals surface area contributed by atoms with Gasteiger partial charge in [-0.05, 0) is 66.7 Å². The summed E-state index contributed by atoms with van der Waals surface area (Å²) in [7, 11) is 0. The number of hydrazine groups is 1. The Morgan fingerprint density at radius 1 is 0.878 bits per heavy atom. The van der Waals surface area contributed by atoms with E-state index >= 15 is 0 Å². The lowest BCUT2D eigenvalue weighted by molar-refractivity contribution is 0.0697. The van der Waals surface area contributed by atoms with Crippen LogP contribution >= 0.6 is 0 Å². The molecule has 0 radical (unpaired) electrons. The summed E-state index contributed by atoms with van der Waals surface area (Å²) in [6.45, 7) is 3.19. The molecule has 6 rings (SSSR count). The average molecular weight is 549 g/mol. The third-order valence-corrected chi connectivity index (χ3v) is 6.77. The Kier molecular flexibility index (Phi) is 6.88. The minimum absolute atomic E-state index is 0.0651. The zero-order valence-electron chi connectivity index (χ0n) is 22.0. The van der Waals surface area contributed by atoms with Crippen molar-refractivity contribution in [2.45, 2.75) is 0 Å². The minimum Gasteiger partial charge on any atom is -0.478 e. The molecule has 0 atom stereocenters. The van der Waals surface area contributed by atoms with E-state index in [1.165, 1.54) is 11.1 Å². The second kappa shape index (κ2) is 10.9. The monoisotopic (exact) mass is 548 g/mol. The number of aromatic carboxylic acids is 1. The van der Waals surface area contributed by atoms with E-state index < -0.39 is 5.97 Å². The third-order valence-electron chi connectivity index (χ3n) is 6.77. The lowest BCUT2D eigenvalue weighted by Gasteiger charge is -2.16. The highest BCUT2D eigenvalue weighted by Gasteiger charge is 2.15. The molecule has 0 aliphatic carbocycles. The molecule has 0 unspecified atom stereocenters. The number of carbonyl (C=O) groups is 1. The van der Waals surface area contributed by atoms with Gasteiger partial charge in [-0.1, -0.05) is 5.21 Å². The number of aromatic nitrogens is 3. The number of hydrogen-bond acceptors (Lipinski definition) is 10. The summed E-state index contributed by atoms with van der Waals surface area (Å²) in [6, 6.07) is 20.2. The number of carboxylic acid groups (broad SMARTS) is 1. The molecule has 1 aromatic heterocycles. The van der Waals surface area contributed by atoms with Gasteiger partial charge in [-0.15, -0.1) is 5.10 Å². The quantitative estimate of drug-likeness (QED) is 0.163. The molecule has 0 fully saturated rings. The van der Waals surface area contributed by atoms with Crippen LogP contribution in [0.25, 0.3) is 22.6 Å². The number of benzene rings is 3. The zero-order valence-corrected chi connectivity index (χ0v) is 22.0. The molecular weight excluding hydrogens is 520 g/mol. The maximum Gasteiger partial charge on any atom is 0.335 e. The molecule has 12 nitrogen and oxygen atoms in total. The van der Waals surface area contributed by atoms with Crippen molar-refractivity contribution < 1.29 is 9.90 Å². The topological polar surface area (TPSA) is 172 Å². The van der Waals surface area contributed by atoms with Crippen LogP contribution in [-0.4, -0.2) is 63.9 Å². The van der Waals surface area contributed by atoms with Crippen LogP contribution in [0.1, 0.15) is 27.0 Å². The molecule has 0 saturated heterocycles. The molecule has 4 aromatic rings. The molecule has 0 amide bonds. The fraction of sp³-hybridized carbons (Fsp3) is 0.138. The Labute approximate surface area is 235 Å². The summed E-state index contributed by atoms with van der Waals surface area (Å²) >= 11 is 0. The van der Waals surface area contributed by atoms with Crippen molar-refractivity contribution >= 4 is 29.0 Å². The zero-order chi connectivity index (χ0) is 28.3. The first-order valence-corrected chi connectivity index (χ1v) is 13.1. The van der Waals surface area contributed by atoms with Crippen molar-refractivity contribution in [1.29, 1.82) is 0 Å². The molecule has 0 bridgehead atoms. The van der Waals surface area contributed by atoms with E-state index in [-0.39, 0.29) is 11.3 Å². The average Bonchev–Trinajstić information content (AvgIpc) is 3.80. The number of anilines is 1. The van der Waals surface area contributed by atoms with Gasteiger partial charge in [0.15, 0.2) is 0 Å². The summed E-state index contributed by atoms with van der Waals surface area (Å²) in [6.07, 6.45) is 3.29. The summed E-state index contributed by atoms with van der Waals surface area (Å²) in [5.74, 6) is 6.93. The molecule has 7 N–H and O–H groups in total. The van der Waals surface area contributed by atoms with E-state index in [2.05, 4.69) is 30.9 Å². The number of carboxylic acids is 1.